The van der Waals surface area contributed by atoms with Gasteiger partial charge in [0.2, 0.25) is 17.7 Å². The van der Waals surface area contributed by atoms with E-state index in [0.29, 0.717) is 47.5 Å². The Morgan fingerprint density at radius 1 is 1.11 bits per heavy atom. The number of nitrogens with two attached hydrogens (primary N) is 2. The van der Waals surface area contributed by atoms with Crippen molar-refractivity contribution in [3.8, 4) is 0 Å². The van der Waals surface area contributed by atoms with E-state index in [0.717, 1.165) is 5.56 Å². The molecule has 45 heavy (non-hydrogen) atoms. The van der Waals surface area contributed by atoms with Gasteiger partial charge in [-0.25, -0.2) is 0 Å². The molecule has 244 valence electrons. The standard InChI is InChI=1S/C31H42N6O8/c1-37(28-8-9-29(40)36-31(28)42)17-23-14-25(7-4-22(23)18-38)35-30(41)20-45-13-11-43-10-12-44-19-26(39)15-34-16-27(33)21-2-5-24(32)6-3-21/h2-7,14,16,18,26,28,34,39H,8-13,15,17,19-20,32-33H2,1H3,(H,35,41)(H,36,40,42)/b27-16-. The van der Waals surface area contributed by atoms with E-state index in [-0.39, 0.29) is 70.3 Å². The highest BCUT2D eigenvalue weighted by atomic mass is 16.5. The van der Waals surface area contributed by atoms with Crippen molar-refractivity contribution in [2.24, 2.45) is 5.73 Å². The van der Waals surface area contributed by atoms with E-state index in [1.54, 1.807) is 48.5 Å². The number of hydrogen-bond donors (Lipinski definition) is 6. The monoisotopic (exact) mass is 626 g/mol. The van der Waals surface area contributed by atoms with Crippen LogP contribution in [-0.2, 0) is 35.1 Å². The van der Waals surface area contributed by atoms with Crippen LogP contribution in [0.5, 0.6) is 0 Å². The van der Waals surface area contributed by atoms with Crippen molar-refractivity contribution in [2.75, 3.05) is 64.3 Å². The van der Waals surface area contributed by atoms with Crippen molar-refractivity contribution in [3.63, 3.8) is 0 Å². The Kier molecular flexibility index (Phi) is 14.4. The first-order valence-electron chi connectivity index (χ1n) is 14.5. The third-order valence-corrected chi connectivity index (χ3v) is 6.86. The van der Waals surface area contributed by atoms with E-state index < -0.39 is 12.1 Å². The van der Waals surface area contributed by atoms with Gasteiger partial charge in [0, 0.05) is 42.6 Å². The molecule has 3 rings (SSSR count). The summed E-state index contributed by atoms with van der Waals surface area (Å²) in [5, 5.41) is 18.1. The van der Waals surface area contributed by atoms with E-state index in [2.05, 4.69) is 16.0 Å². The van der Waals surface area contributed by atoms with Crippen molar-refractivity contribution in [1.29, 1.82) is 0 Å². The zero-order valence-electron chi connectivity index (χ0n) is 25.3. The molecule has 14 heteroatoms. The molecule has 1 aliphatic heterocycles. The van der Waals surface area contributed by atoms with Crippen LogP contribution in [0.25, 0.3) is 5.70 Å². The third kappa shape index (κ3) is 12.3. The molecule has 3 amide bonds. The summed E-state index contributed by atoms with van der Waals surface area (Å²) in [6.07, 6.45) is 2.24. The molecular weight excluding hydrogens is 584 g/mol. The minimum absolute atomic E-state index is 0.116. The summed E-state index contributed by atoms with van der Waals surface area (Å²) in [7, 11) is 1.74. The van der Waals surface area contributed by atoms with Gasteiger partial charge in [0.1, 0.15) is 12.9 Å². The molecule has 8 N–H and O–H groups in total. The van der Waals surface area contributed by atoms with E-state index in [9.17, 15) is 24.3 Å². The number of aliphatic hydroxyl groups is 1. The molecule has 1 fully saturated rings. The quantitative estimate of drug-likeness (QED) is 0.0536. The van der Waals surface area contributed by atoms with E-state index >= 15 is 0 Å². The minimum Gasteiger partial charge on any atom is -0.399 e. The lowest BCUT2D eigenvalue weighted by atomic mass is 10.0. The van der Waals surface area contributed by atoms with E-state index in [1.165, 1.54) is 0 Å². The van der Waals surface area contributed by atoms with Crippen LogP contribution in [0.1, 0.15) is 34.3 Å². The smallest absolute Gasteiger partial charge is 0.250 e. The van der Waals surface area contributed by atoms with Crippen LogP contribution >= 0.6 is 0 Å². The molecule has 14 nitrogen and oxygen atoms in total. The molecule has 0 saturated carbocycles. The van der Waals surface area contributed by atoms with Gasteiger partial charge in [-0.3, -0.25) is 29.4 Å². The molecule has 1 heterocycles. The van der Waals surface area contributed by atoms with Gasteiger partial charge >= 0.3 is 0 Å². The number of ether oxygens (including phenoxy) is 3. The maximum atomic E-state index is 12.4. The molecular formula is C31H42N6O8. The van der Waals surface area contributed by atoms with Crippen LogP contribution < -0.4 is 27.4 Å². The van der Waals surface area contributed by atoms with Crippen molar-refractivity contribution in [2.45, 2.75) is 31.5 Å². The number of anilines is 2. The molecule has 0 radical (unpaired) electrons. The van der Waals surface area contributed by atoms with Gasteiger partial charge in [-0.05, 0) is 54.9 Å². The molecule has 1 saturated heterocycles. The first-order chi connectivity index (χ1) is 21.7. The fraction of sp³-hybridized carbons (Fsp3) is 0.419. The molecule has 0 spiro atoms. The third-order valence-electron chi connectivity index (χ3n) is 6.86. The number of nitrogen functional groups attached to an aromatic ring is 1. The van der Waals surface area contributed by atoms with Crippen LogP contribution in [0.3, 0.4) is 0 Å². The Bertz CT molecular complexity index is 1320. The summed E-state index contributed by atoms with van der Waals surface area (Å²) in [6.45, 7) is 1.46. The summed E-state index contributed by atoms with van der Waals surface area (Å²) in [5.74, 6) is -1.05. The van der Waals surface area contributed by atoms with Gasteiger partial charge < -0.3 is 41.4 Å². The number of nitrogens with zero attached hydrogens (tertiary/aromatic N) is 1. The second-order valence-corrected chi connectivity index (χ2v) is 10.5. The van der Waals surface area contributed by atoms with Gasteiger partial charge in [-0.1, -0.05) is 12.1 Å². The van der Waals surface area contributed by atoms with Crippen molar-refractivity contribution in [1.82, 2.24) is 15.5 Å². The lowest BCUT2D eigenvalue weighted by molar-refractivity contribution is -0.137. The number of nitrogens with one attached hydrogen (secondary N) is 3. The van der Waals surface area contributed by atoms with E-state index in [1.807, 2.05) is 12.1 Å². The van der Waals surface area contributed by atoms with Gasteiger partial charge in [0.25, 0.3) is 0 Å². The second-order valence-electron chi connectivity index (χ2n) is 10.5. The van der Waals surface area contributed by atoms with E-state index in [4.69, 9.17) is 25.7 Å². The fourth-order valence-corrected chi connectivity index (χ4v) is 4.46. The number of likely N-dealkylation sites (N-methyl/N-ethyl adjacent to an activating group) is 1. The molecule has 0 bridgehead atoms. The molecule has 2 aromatic carbocycles. The van der Waals surface area contributed by atoms with Crippen molar-refractivity contribution < 1.29 is 38.5 Å². The van der Waals surface area contributed by atoms with Crippen LogP contribution in [0.2, 0.25) is 0 Å². The first kappa shape index (κ1) is 35.1. The maximum absolute atomic E-state index is 12.4. The summed E-state index contributed by atoms with van der Waals surface area (Å²) < 4.78 is 16.2. The average molecular weight is 627 g/mol. The highest BCUT2D eigenvalue weighted by Crippen LogP contribution is 2.20. The number of benzene rings is 2. The Morgan fingerprint density at radius 3 is 2.53 bits per heavy atom. The Balaban J connectivity index is 1.25. The predicted molar refractivity (Wildman–Crippen MR) is 168 cm³/mol. The van der Waals surface area contributed by atoms with Crippen LogP contribution in [0, 0.1) is 0 Å². The molecule has 2 aromatic rings. The van der Waals surface area contributed by atoms with Gasteiger partial charge in [-0.15, -0.1) is 0 Å². The Labute approximate surface area is 262 Å². The topological polar surface area (TPSA) is 208 Å². The predicted octanol–water partition coefficient (Wildman–Crippen LogP) is 0.214. The number of aliphatic hydroxyl groups excluding tert-OH is 1. The fourth-order valence-electron chi connectivity index (χ4n) is 4.46. The summed E-state index contributed by atoms with van der Waals surface area (Å²) in [5.41, 5.74) is 15.2. The molecule has 1 aliphatic rings. The van der Waals surface area contributed by atoms with Crippen molar-refractivity contribution in [3.05, 3.63) is 65.4 Å². The maximum Gasteiger partial charge on any atom is 0.250 e. The molecule has 0 aliphatic carbocycles. The highest BCUT2D eigenvalue weighted by molar-refractivity contribution is 6.00. The van der Waals surface area contributed by atoms with Crippen molar-refractivity contribution >= 4 is 41.1 Å². The lowest BCUT2D eigenvalue weighted by Gasteiger charge is -2.30. The van der Waals surface area contributed by atoms with Gasteiger partial charge in [-0.2, -0.15) is 0 Å². The van der Waals surface area contributed by atoms with Crippen LogP contribution in [0.4, 0.5) is 11.4 Å². The number of amides is 3. The number of carbonyl (C=O) groups is 4. The number of hydrogen-bond acceptors (Lipinski definition) is 12. The summed E-state index contributed by atoms with van der Waals surface area (Å²) in [6, 6.07) is 11.5. The number of carbonyl (C=O) groups excluding carboxylic acids is 4. The van der Waals surface area contributed by atoms with Gasteiger partial charge in [0.15, 0.2) is 0 Å². The minimum atomic E-state index is -0.737. The Hall–Kier alpha value is -4.34. The zero-order chi connectivity index (χ0) is 32.6. The highest BCUT2D eigenvalue weighted by Gasteiger charge is 2.30. The number of piperidine rings is 1. The average Bonchev–Trinajstić information content (AvgIpc) is 3.00. The molecule has 2 unspecified atom stereocenters. The summed E-state index contributed by atoms with van der Waals surface area (Å²) >= 11 is 0. The second kappa shape index (κ2) is 18.5. The van der Waals surface area contributed by atoms with Crippen LogP contribution in [-0.4, -0.2) is 99.4 Å². The Morgan fingerprint density at radius 2 is 1.82 bits per heavy atom. The summed E-state index contributed by atoms with van der Waals surface area (Å²) in [4.78, 5) is 49.3. The van der Waals surface area contributed by atoms with Crippen LogP contribution in [0.15, 0.2) is 48.7 Å². The normalized spacial score (nSPS) is 15.9. The number of aldehydes is 1. The SMILES string of the molecule is CN(Cc1cc(NC(=O)COCCOCCOCC(O)CN/C=C(\N)c2ccc(N)cc2)ccc1C=O)C1CCC(=O)NC1=O. The molecule has 0 aromatic heterocycles. The lowest BCUT2D eigenvalue weighted by Crippen LogP contribution is -2.51. The van der Waals surface area contributed by atoms with Gasteiger partial charge in [0.05, 0.1) is 50.9 Å². The largest absolute Gasteiger partial charge is 0.399 e. The molecule has 2 atom stereocenters. The zero-order valence-corrected chi connectivity index (χ0v) is 25.3. The first-order valence-corrected chi connectivity index (χ1v) is 14.5. The number of rotatable bonds is 19. The number of imide groups is 1.